The number of nitrogens with zero attached hydrogens (tertiary/aromatic N) is 1. The molecule has 0 fully saturated rings. The first kappa shape index (κ1) is 14.7. The molecule has 0 bridgehead atoms. The summed E-state index contributed by atoms with van der Waals surface area (Å²) in [5, 5.41) is 2.36. The van der Waals surface area contributed by atoms with Gasteiger partial charge in [-0.25, -0.2) is 0 Å². The third-order valence-corrected chi connectivity index (χ3v) is 4.72. The molecule has 4 rings (SSSR count). The van der Waals surface area contributed by atoms with E-state index in [0.717, 1.165) is 34.1 Å². The molecule has 0 saturated heterocycles. The van der Waals surface area contributed by atoms with Crippen molar-refractivity contribution in [1.29, 1.82) is 0 Å². The zero-order chi connectivity index (χ0) is 16.7. The molecule has 0 amide bonds. The average molecular weight is 313 g/mol. The molecule has 0 unspecified atom stereocenters. The topological polar surface area (TPSA) is 22.0 Å². The number of ketones is 1. The van der Waals surface area contributed by atoms with Crippen LogP contribution in [0.25, 0.3) is 21.8 Å². The van der Waals surface area contributed by atoms with Crippen LogP contribution in [-0.4, -0.2) is 10.4 Å². The van der Waals surface area contributed by atoms with Gasteiger partial charge in [-0.2, -0.15) is 0 Å². The molecule has 0 aliphatic carbocycles. The molecule has 0 saturated carbocycles. The van der Waals surface area contributed by atoms with Crippen LogP contribution in [0.1, 0.15) is 28.4 Å². The van der Waals surface area contributed by atoms with E-state index in [9.17, 15) is 4.79 Å². The highest BCUT2D eigenvalue weighted by molar-refractivity contribution is 6.21. The van der Waals surface area contributed by atoms with Crippen molar-refractivity contribution in [3.63, 3.8) is 0 Å². The highest BCUT2D eigenvalue weighted by atomic mass is 16.1. The second kappa shape index (κ2) is 5.64. The molecule has 3 aromatic carbocycles. The summed E-state index contributed by atoms with van der Waals surface area (Å²) in [4.78, 5) is 13.2. The highest BCUT2D eigenvalue weighted by Gasteiger charge is 2.20. The normalized spacial score (nSPS) is 11.2. The summed E-state index contributed by atoms with van der Waals surface area (Å²) in [6, 6.07) is 22.1. The van der Waals surface area contributed by atoms with Gasteiger partial charge in [-0.1, -0.05) is 60.7 Å². The fraction of sp³-hybridized carbons (Fsp3) is 0.136. The van der Waals surface area contributed by atoms with Crippen molar-refractivity contribution in [3.05, 3.63) is 83.4 Å². The van der Waals surface area contributed by atoms with Crippen molar-refractivity contribution in [1.82, 2.24) is 4.57 Å². The van der Waals surface area contributed by atoms with Crippen LogP contribution in [0.4, 0.5) is 0 Å². The Bertz CT molecular complexity index is 1060. The van der Waals surface area contributed by atoms with Crippen LogP contribution in [0.3, 0.4) is 0 Å². The first-order valence-electron chi connectivity index (χ1n) is 8.32. The van der Waals surface area contributed by atoms with E-state index in [1.165, 1.54) is 10.9 Å². The Morgan fingerprint density at radius 1 is 0.875 bits per heavy atom. The summed E-state index contributed by atoms with van der Waals surface area (Å²) >= 11 is 0. The second-order valence-corrected chi connectivity index (χ2v) is 6.11. The lowest BCUT2D eigenvalue weighted by atomic mass is 9.96. The first-order chi connectivity index (χ1) is 11.7. The van der Waals surface area contributed by atoms with E-state index in [1.54, 1.807) is 0 Å². The SMILES string of the molecule is CCn1c2ccccc2c2ccc(C)c(C(=O)c3ccccc3)c21. The minimum Gasteiger partial charge on any atom is -0.340 e. The monoisotopic (exact) mass is 313 g/mol. The van der Waals surface area contributed by atoms with Gasteiger partial charge in [0.15, 0.2) is 5.78 Å². The number of rotatable bonds is 3. The quantitative estimate of drug-likeness (QED) is 0.467. The van der Waals surface area contributed by atoms with Gasteiger partial charge in [0.05, 0.1) is 5.52 Å². The Morgan fingerprint density at radius 3 is 2.33 bits per heavy atom. The van der Waals surface area contributed by atoms with Crippen molar-refractivity contribution < 1.29 is 4.79 Å². The Kier molecular flexibility index (Phi) is 3.46. The van der Waals surface area contributed by atoms with Crippen LogP contribution in [0.15, 0.2) is 66.7 Å². The van der Waals surface area contributed by atoms with Gasteiger partial charge >= 0.3 is 0 Å². The van der Waals surface area contributed by atoms with Gasteiger partial charge in [0.1, 0.15) is 0 Å². The maximum absolute atomic E-state index is 13.2. The standard InChI is InChI=1S/C22H19NO/c1-3-23-19-12-8-7-11-17(19)18-14-13-15(2)20(21(18)23)22(24)16-9-5-4-6-10-16/h4-14H,3H2,1-2H3. The van der Waals surface area contributed by atoms with Crippen molar-refractivity contribution in [2.24, 2.45) is 0 Å². The fourth-order valence-electron chi connectivity index (χ4n) is 3.60. The highest BCUT2D eigenvalue weighted by Crippen LogP contribution is 2.33. The first-order valence-corrected chi connectivity index (χ1v) is 8.32. The number of hydrogen-bond acceptors (Lipinski definition) is 1. The molecule has 2 nitrogen and oxygen atoms in total. The Balaban J connectivity index is 2.12. The molecule has 0 N–H and O–H groups in total. The predicted molar refractivity (Wildman–Crippen MR) is 99.7 cm³/mol. The largest absolute Gasteiger partial charge is 0.340 e. The predicted octanol–water partition coefficient (Wildman–Crippen LogP) is 5.35. The average Bonchev–Trinajstić information content (AvgIpc) is 2.95. The van der Waals surface area contributed by atoms with E-state index < -0.39 is 0 Å². The molecular formula is C22H19NO. The van der Waals surface area contributed by atoms with Crippen molar-refractivity contribution in [2.45, 2.75) is 20.4 Å². The van der Waals surface area contributed by atoms with E-state index in [2.05, 4.69) is 47.9 Å². The molecular weight excluding hydrogens is 294 g/mol. The van der Waals surface area contributed by atoms with E-state index in [0.29, 0.717) is 0 Å². The number of carbonyl (C=O) groups excluding carboxylic acids is 1. The lowest BCUT2D eigenvalue weighted by Gasteiger charge is -2.11. The molecule has 1 aromatic heterocycles. The van der Waals surface area contributed by atoms with Gasteiger partial charge < -0.3 is 4.57 Å². The molecule has 118 valence electrons. The molecule has 0 aliphatic rings. The molecule has 0 aliphatic heterocycles. The van der Waals surface area contributed by atoms with Crippen LogP contribution >= 0.6 is 0 Å². The molecule has 2 heteroatoms. The smallest absolute Gasteiger partial charge is 0.195 e. The zero-order valence-corrected chi connectivity index (χ0v) is 13.9. The number of aryl methyl sites for hydroxylation is 2. The summed E-state index contributed by atoms with van der Waals surface area (Å²) in [6.45, 7) is 4.99. The number of para-hydroxylation sites is 1. The van der Waals surface area contributed by atoms with E-state index >= 15 is 0 Å². The number of benzene rings is 3. The third-order valence-electron chi connectivity index (χ3n) is 4.72. The van der Waals surface area contributed by atoms with Gasteiger partial charge in [-0.3, -0.25) is 4.79 Å². The van der Waals surface area contributed by atoms with Crippen molar-refractivity contribution in [3.8, 4) is 0 Å². The number of aromatic nitrogens is 1. The zero-order valence-electron chi connectivity index (χ0n) is 13.9. The van der Waals surface area contributed by atoms with Gasteiger partial charge in [0.25, 0.3) is 0 Å². The Morgan fingerprint density at radius 2 is 1.58 bits per heavy atom. The van der Waals surface area contributed by atoms with Crippen LogP contribution in [0, 0.1) is 6.92 Å². The molecule has 0 atom stereocenters. The van der Waals surface area contributed by atoms with Crippen LogP contribution in [-0.2, 0) is 6.54 Å². The third kappa shape index (κ3) is 2.07. The molecule has 0 spiro atoms. The summed E-state index contributed by atoms with van der Waals surface area (Å²) in [7, 11) is 0. The van der Waals surface area contributed by atoms with Gasteiger partial charge in [0.2, 0.25) is 0 Å². The summed E-state index contributed by atoms with van der Waals surface area (Å²) in [5.74, 6) is 0.0937. The number of carbonyl (C=O) groups is 1. The maximum atomic E-state index is 13.2. The molecule has 4 aromatic rings. The Labute approximate surface area is 141 Å². The van der Waals surface area contributed by atoms with E-state index in [-0.39, 0.29) is 5.78 Å². The minimum atomic E-state index is 0.0937. The lowest BCUT2D eigenvalue weighted by molar-refractivity contribution is 0.103. The molecule has 24 heavy (non-hydrogen) atoms. The van der Waals surface area contributed by atoms with Crippen molar-refractivity contribution in [2.75, 3.05) is 0 Å². The van der Waals surface area contributed by atoms with Crippen LogP contribution in [0.5, 0.6) is 0 Å². The lowest BCUT2D eigenvalue weighted by Crippen LogP contribution is -2.07. The van der Waals surface area contributed by atoms with E-state index in [4.69, 9.17) is 0 Å². The summed E-state index contributed by atoms with van der Waals surface area (Å²) < 4.78 is 2.26. The van der Waals surface area contributed by atoms with Crippen molar-refractivity contribution >= 4 is 27.6 Å². The fourth-order valence-corrected chi connectivity index (χ4v) is 3.60. The summed E-state index contributed by atoms with van der Waals surface area (Å²) in [6.07, 6.45) is 0. The minimum absolute atomic E-state index is 0.0937. The summed E-state index contributed by atoms with van der Waals surface area (Å²) in [5.41, 5.74) is 4.81. The van der Waals surface area contributed by atoms with Gasteiger partial charge in [-0.15, -0.1) is 0 Å². The molecule has 0 radical (unpaired) electrons. The number of fused-ring (bicyclic) bond motifs is 3. The van der Waals surface area contributed by atoms with Gasteiger partial charge in [-0.05, 0) is 25.5 Å². The van der Waals surface area contributed by atoms with Gasteiger partial charge in [0, 0.05) is 34.0 Å². The number of hydrogen-bond donors (Lipinski definition) is 0. The Hall–Kier alpha value is -2.87. The second-order valence-electron chi connectivity index (χ2n) is 6.11. The van der Waals surface area contributed by atoms with Crippen LogP contribution in [0.2, 0.25) is 0 Å². The van der Waals surface area contributed by atoms with Crippen LogP contribution < -0.4 is 0 Å². The maximum Gasteiger partial charge on any atom is 0.195 e. The molecule has 1 heterocycles. The van der Waals surface area contributed by atoms with E-state index in [1.807, 2.05) is 37.3 Å².